The summed E-state index contributed by atoms with van der Waals surface area (Å²) in [5.74, 6) is -1.17. The van der Waals surface area contributed by atoms with Crippen molar-refractivity contribution in [2.24, 2.45) is 0 Å². The van der Waals surface area contributed by atoms with Crippen molar-refractivity contribution in [3.05, 3.63) is 69.6 Å². The first kappa shape index (κ1) is 12.6. The third-order valence-corrected chi connectivity index (χ3v) is 2.74. The van der Waals surface area contributed by atoms with Gasteiger partial charge in [-0.15, -0.1) is 0 Å². The van der Waals surface area contributed by atoms with E-state index in [-0.39, 0.29) is 12.2 Å². The molecule has 94 valence electrons. The molecule has 1 N–H and O–H groups in total. The van der Waals surface area contributed by atoms with Gasteiger partial charge in [-0.2, -0.15) is 5.26 Å². The Bertz CT molecular complexity index is 726. The van der Waals surface area contributed by atoms with Gasteiger partial charge < -0.3 is 5.11 Å². The number of nitriles is 1. The average Bonchev–Trinajstić information content (AvgIpc) is 2.41. The summed E-state index contributed by atoms with van der Waals surface area (Å²) in [7, 11) is 0. The van der Waals surface area contributed by atoms with E-state index in [9.17, 15) is 9.59 Å². The molecule has 1 aromatic heterocycles. The van der Waals surface area contributed by atoms with Crippen molar-refractivity contribution < 1.29 is 9.90 Å². The van der Waals surface area contributed by atoms with Crippen LogP contribution in [0.2, 0.25) is 0 Å². The maximum Gasteiger partial charge on any atom is 0.352 e. The fraction of sp³-hybridized carbons (Fsp3) is 0.0714. The molecule has 1 heterocycles. The first-order valence-electron chi connectivity index (χ1n) is 5.54. The van der Waals surface area contributed by atoms with Crippen LogP contribution in [0.1, 0.15) is 21.6 Å². The van der Waals surface area contributed by atoms with Crippen LogP contribution in [0.4, 0.5) is 0 Å². The second-order valence-corrected chi connectivity index (χ2v) is 3.91. The molecule has 5 nitrogen and oxygen atoms in total. The summed E-state index contributed by atoms with van der Waals surface area (Å²) in [6.45, 7) is 0.0606. The van der Waals surface area contributed by atoms with E-state index in [4.69, 9.17) is 10.4 Å². The average molecular weight is 254 g/mol. The summed E-state index contributed by atoms with van der Waals surface area (Å²) in [5, 5.41) is 18.1. The van der Waals surface area contributed by atoms with Gasteiger partial charge in [0.1, 0.15) is 5.69 Å². The molecule has 0 saturated heterocycles. The van der Waals surface area contributed by atoms with E-state index in [0.29, 0.717) is 11.1 Å². The van der Waals surface area contributed by atoms with Gasteiger partial charge >= 0.3 is 5.97 Å². The van der Waals surface area contributed by atoms with Crippen LogP contribution in [0, 0.1) is 11.3 Å². The lowest BCUT2D eigenvalue weighted by Crippen LogP contribution is -2.25. The summed E-state index contributed by atoms with van der Waals surface area (Å²) in [6, 6.07) is 12.9. The second-order valence-electron chi connectivity index (χ2n) is 3.91. The van der Waals surface area contributed by atoms with Crippen LogP contribution in [-0.4, -0.2) is 15.6 Å². The van der Waals surface area contributed by atoms with Gasteiger partial charge in [-0.3, -0.25) is 9.36 Å². The number of aromatic carboxylic acids is 1. The molecule has 0 fully saturated rings. The Morgan fingerprint density at radius 1 is 1.21 bits per heavy atom. The highest BCUT2D eigenvalue weighted by Gasteiger charge is 2.12. The number of rotatable bonds is 3. The van der Waals surface area contributed by atoms with Crippen molar-refractivity contribution in [3.8, 4) is 6.07 Å². The molecule has 0 bridgehead atoms. The zero-order valence-electron chi connectivity index (χ0n) is 9.91. The Morgan fingerprint density at radius 2 is 1.95 bits per heavy atom. The Kier molecular flexibility index (Phi) is 3.44. The topological polar surface area (TPSA) is 83.1 Å². The van der Waals surface area contributed by atoms with Crippen LogP contribution in [0.15, 0.2) is 47.3 Å². The van der Waals surface area contributed by atoms with Crippen molar-refractivity contribution >= 4 is 5.97 Å². The van der Waals surface area contributed by atoms with E-state index < -0.39 is 11.5 Å². The molecule has 0 unspecified atom stereocenters. The highest BCUT2D eigenvalue weighted by Crippen LogP contribution is 2.10. The van der Waals surface area contributed by atoms with Gasteiger partial charge in [-0.25, -0.2) is 4.79 Å². The number of carboxylic acids is 1. The normalized spacial score (nSPS) is 9.84. The molecule has 2 aromatic rings. The Morgan fingerprint density at radius 3 is 2.63 bits per heavy atom. The molecule has 1 aromatic carbocycles. The van der Waals surface area contributed by atoms with E-state index >= 15 is 0 Å². The van der Waals surface area contributed by atoms with Gasteiger partial charge in [0.05, 0.1) is 18.2 Å². The highest BCUT2D eigenvalue weighted by molar-refractivity contribution is 5.85. The van der Waals surface area contributed by atoms with Crippen LogP contribution < -0.4 is 5.56 Å². The molecule has 0 aliphatic heterocycles. The largest absolute Gasteiger partial charge is 0.477 e. The zero-order valence-corrected chi connectivity index (χ0v) is 9.91. The SMILES string of the molecule is N#Cc1ccccc1Cn1c(C(=O)O)cccc1=O. The number of carboxylic acid groups (broad SMARTS) is 1. The summed E-state index contributed by atoms with van der Waals surface area (Å²) in [6.07, 6.45) is 0. The van der Waals surface area contributed by atoms with Gasteiger partial charge in [0.25, 0.3) is 5.56 Å². The molecule has 0 aliphatic carbocycles. The molecule has 19 heavy (non-hydrogen) atoms. The number of carbonyl (C=O) groups is 1. The fourth-order valence-electron chi connectivity index (χ4n) is 1.81. The van der Waals surface area contributed by atoms with Crippen LogP contribution in [0.3, 0.4) is 0 Å². The highest BCUT2D eigenvalue weighted by atomic mass is 16.4. The van der Waals surface area contributed by atoms with E-state index in [0.717, 1.165) is 4.57 Å². The minimum absolute atomic E-state index is 0.0606. The number of nitrogens with zero attached hydrogens (tertiary/aromatic N) is 2. The minimum atomic E-state index is -1.17. The van der Waals surface area contributed by atoms with Crippen molar-refractivity contribution in [1.29, 1.82) is 5.26 Å². The van der Waals surface area contributed by atoms with E-state index in [2.05, 4.69) is 0 Å². The summed E-state index contributed by atoms with van der Waals surface area (Å²) < 4.78 is 1.14. The summed E-state index contributed by atoms with van der Waals surface area (Å²) in [4.78, 5) is 22.9. The van der Waals surface area contributed by atoms with Crippen molar-refractivity contribution in [2.75, 3.05) is 0 Å². The monoisotopic (exact) mass is 254 g/mol. The lowest BCUT2D eigenvalue weighted by molar-refractivity contribution is 0.0684. The van der Waals surface area contributed by atoms with Crippen LogP contribution in [0.25, 0.3) is 0 Å². The standard InChI is InChI=1S/C14H10N2O3/c15-8-10-4-1-2-5-11(10)9-16-12(14(18)19)6-3-7-13(16)17/h1-7H,9H2,(H,18,19). The van der Waals surface area contributed by atoms with Crippen LogP contribution in [0.5, 0.6) is 0 Å². The third kappa shape index (κ3) is 2.53. The quantitative estimate of drug-likeness (QED) is 0.898. The number of aromatic nitrogens is 1. The molecular formula is C14H10N2O3. The molecule has 5 heteroatoms. The first-order valence-corrected chi connectivity index (χ1v) is 5.54. The maximum atomic E-state index is 11.8. The number of hydrogen-bond acceptors (Lipinski definition) is 3. The molecule has 0 amide bonds. The van der Waals surface area contributed by atoms with Crippen molar-refractivity contribution in [3.63, 3.8) is 0 Å². The zero-order chi connectivity index (χ0) is 13.8. The van der Waals surface area contributed by atoms with Gasteiger partial charge in [-0.1, -0.05) is 24.3 Å². The number of benzene rings is 1. The predicted octanol–water partition coefficient (Wildman–Crippen LogP) is 1.47. The molecular weight excluding hydrogens is 244 g/mol. The van der Waals surface area contributed by atoms with Gasteiger partial charge in [0.15, 0.2) is 0 Å². The fourth-order valence-corrected chi connectivity index (χ4v) is 1.81. The first-order chi connectivity index (χ1) is 9.13. The maximum absolute atomic E-state index is 11.8. The van der Waals surface area contributed by atoms with Crippen molar-refractivity contribution in [1.82, 2.24) is 4.57 Å². The second kappa shape index (κ2) is 5.19. The third-order valence-electron chi connectivity index (χ3n) is 2.74. The summed E-state index contributed by atoms with van der Waals surface area (Å²) in [5.41, 5.74) is 0.531. The molecule has 0 saturated carbocycles. The lowest BCUT2D eigenvalue weighted by Gasteiger charge is -2.10. The Labute approximate surface area is 109 Å². The van der Waals surface area contributed by atoms with Gasteiger partial charge in [0.2, 0.25) is 0 Å². The smallest absolute Gasteiger partial charge is 0.352 e. The van der Waals surface area contributed by atoms with Gasteiger partial charge in [0, 0.05) is 6.07 Å². The van der Waals surface area contributed by atoms with E-state index in [1.807, 2.05) is 6.07 Å². The van der Waals surface area contributed by atoms with Crippen molar-refractivity contribution in [2.45, 2.75) is 6.54 Å². The van der Waals surface area contributed by atoms with E-state index in [1.54, 1.807) is 24.3 Å². The van der Waals surface area contributed by atoms with E-state index in [1.165, 1.54) is 18.2 Å². The Hall–Kier alpha value is -2.87. The number of hydrogen-bond donors (Lipinski definition) is 1. The molecule has 0 atom stereocenters. The molecule has 0 radical (unpaired) electrons. The molecule has 2 rings (SSSR count). The predicted molar refractivity (Wildman–Crippen MR) is 67.9 cm³/mol. The van der Waals surface area contributed by atoms with Crippen LogP contribution >= 0.6 is 0 Å². The molecule has 0 aliphatic rings. The number of pyridine rings is 1. The summed E-state index contributed by atoms with van der Waals surface area (Å²) >= 11 is 0. The molecule has 0 spiro atoms. The Balaban J connectivity index is 2.53. The minimum Gasteiger partial charge on any atom is -0.477 e. The van der Waals surface area contributed by atoms with Crippen LogP contribution in [-0.2, 0) is 6.54 Å². The van der Waals surface area contributed by atoms with Gasteiger partial charge in [-0.05, 0) is 17.7 Å². The lowest BCUT2D eigenvalue weighted by atomic mass is 10.1.